The Bertz CT molecular complexity index is 474. The summed E-state index contributed by atoms with van der Waals surface area (Å²) in [6.07, 6.45) is 0. The zero-order chi connectivity index (χ0) is 13.3. The lowest BCUT2D eigenvalue weighted by Gasteiger charge is -2.18. The molecule has 0 fully saturated rings. The fraction of sp³-hybridized carbons (Fsp3) is 0.417. The highest BCUT2D eigenvalue weighted by Crippen LogP contribution is 2.36. The first kappa shape index (κ1) is 12.7. The third kappa shape index (κ3) is 2.39. The van der Waals surface area contributed by atoms with Crippen LogP contribution in [0.4, 0.5) is 0 Å². The van der Waals surface area contributed by atoms with Gasteiger partial charge in [0, 0.05) is 14.1 Å². The van der Waals surface area contributed by atoms with E-state index >= 15 is 0 Å². The summed E-state index contributed by atoms with van der Waals surface area (Å²) in [6.45, 7) is 2.09. The molecule has 2 rings (SSSR count). The van der Waals surface area contributed by atoms with Crippen molar-refractivity contribution < 1.29 is 14.3 Å². The second kappa shape index (κ2) is 4.83. The number of hydrogen-bond donors (Lipinski definition) is 2. The number of nitrogens with two attached hydrogens (primary N) is 1. The van der Waals surface area contributed by atoms with Crippen molar-refractivity contribution in [2.45, 2.75) is 13.0 Å². The highest BCUT2D eigenvalue weighted by molar-refractivity contribution is 5.83. The Balaban J connectivity index is 2.25. The molecule has 18 heavy (non-hydrogen) atoms. The molecule has 1 aliphatic heterocycles. The van der Waals surface area contributed by atoms with Crippen molar-refractivity contribution in [3.8, 4) is 11.5 Å². The van der Waals surface area contributed by atoms with E-state index < -0.39 is 6.04 Å². The molecule has 0 bridgehead atoms. The number of hydrazine groups is 1. The number of ether oxygens (including phenoxy) is 2. The van der Waals surface area contributed by atoms with Crippen LogP contribution in [-0.4, -0.2) is 31.8 Å². The Morgan fingerprint density at radius 2 is 2.00 bits per heavy atom. The van der Waals surface area contributed by atoms with E-state index in [1.165, 1.54) is 0 Å². The summed E-state index contributed by atoms with van der Waals surface area (Å²) in [5.41, 5.74) is 10.2. The summed E-state index contributed by atoms with van der Waals surface area (Å²) in [6, 6.07) is 2.86. The van der Waals surface area contributed by atoms with Crippen LogP contribution < -0.4 is 20.6 Å². The van der Waals surface area contributed by atoms with Gasteiger partial charge in [0.25, 0.3) is 5.91 Å². The molecule has 1 unspecified atom stereocenters. The average Bonchev–Trinajstić information content (AvgIpc) is 2.72. The van der Waals surface area contributed by atoms with Crippen LogP contribution in [0, 0.1) is 6.92 Å². The van der Waals surface area contributed by atoms with Crippen molar-refractivity contribution in [3.63, 3.8) is 0 Å². The molecule has 1 atom stereocenters. The summed E-state index contributed by atoms with van der Waals surface area (Å²) in [4.78, 5) is 11.9. The SMILES string of the molecule is Cc1cc2c(cc1C(N)C(=O)NN(C)C)OCO2. The van der Waals surface area contributed by atoms with Crippen molar-refractivity contribution in [2.24, 2.45) is 5.73 Å². The number of benzene rings is 1. The van der Waals surface area contributed by atoms with Gasteiger partial charge in [-0.2, -0.15) is 0 Å². The minimum atomic E-state index is -0.734. The monoisotopic (exact) mass is 251 g/mol. The maximum atomic E-state index is 11.9. The average molecular weight is 251 g/mol. The lowest BCUT2D eigenvalue weighted by Crippen LogP contribution is -2.42. The number of nitrogens with zero attached hydrogens (tertiary/aromatic N) is 1. The number of nitrogens with one attached hydrogen (secondary N) is 1. The van der Waals surface area contributed by atoms with Gasteiger partial charge in [-0.1, -0.05) is 0 Å². The molecule has 0 spiro atoms. The predicted molar refractivity (Wildman–Crippen MR) is 66.1 cm³/mol. The molecule has 0 saturated heterocycles. The third-order valence-electron chi connectivity index (χ3n) is 2.71. The molecular formula is C12H17N3O3. The van der Waals surface area contributed by atoms with Crippen LogP contribution in [0.3, 0.4) is 0 Å². The second-order valence-corrected chi connectivity index (χ2v) is 4.41. The maximum absolute atomic E-state index is 11.9. The summed E-state index contributed by atoms with van der Waals surface area (Å²) in [5, 5.41) is 1.56. The Morgan fingerprint density at radius 1 is 1.39 bits per heavy atom. The summed E-state index contributed by atoms with van der Waals surface area (Å²) >= 11 is 0. The highest BCUT2D eigenvalue weighted by atomic mass is 16.7. The number of carbonyl (C=O) groups is 1. The van der Waals surface area contributed by atoms with Gasteiger partial charge in [0.1, 0.15) is 6.04 Å². The number of aryl methyl sites for hydroxylation is 1. The Labute approximate surface area is 106 Å². The molecule has 6 nitrogen and oxygen atoms in total. The van der Waals surface area contributed by atoms with Gasteiger partial charge in [-0.15, -0.1) is 0 Å². The number of carbonyl (C=O) groups excluding carboxylic acids is 1. The van der Waals surface area contributed by atoms with Gasteiger partial charge in [0.15, 0.2) is 11.5 Å². The van der Waals surface area contributed by atoms with Crippen LogP contribution >= 0.6 is 0 Å². The summed E-state index contributed by atoms with van der Waals surface area (Å²) in [7, 11) is 3.47. The Morgan fingerprint density at radius 3 is 2.61 bits per heavy atom. The number of hydrogen-bond acceptors (Lipinski definition) is 5. The fourth-order valence-corrected chi connectivity index (χ4v) is 1.83. The first-order valence-electron chi connectivity index (χ1n) is 5.62. The molecule has 1 aliphatic rings. The van der Waals surface area contributed by atoms with E-state index in [4.69, 9.17) is 15.2 Å². The van der Waals surface area contributed by atoms with E-state index in [2.05, 4.69) is 5.43 Å². The van der Waals surface area contributed by atoms with Gasteiger partial charge in [0.05, 0.1) is 0 Å². The largest absolute Gasteiger partial charge is 0.454 e. The lowest BCUT2D eigenvalue weighted by molar-refractivity contribution is -0.126. The summed E-state index contributed by atoms with van der Waals surface area (Å²) in [5.74, 6) is 1.06. The van der Waals surface area contributed by atoms with Crippen molar-refractivity contribution in [1.82, 2.24) is 10.4 Å². The first-order valence-corrected chi connectivity index (χ1v) is 5.62. The van der Waals surface area contributed by atoms with Gasteiger partial charge < -0.3 is 15.2 Å². The number of amides is 1. The van der Waals surface area contributed by atoms with E-state index in [0.29, 0.717) is 11.5 Å². The van der Waals surface area contributed by atoms with Gasteiger partial charge in [-0.25, -0.2) is 5.01 Å². The van der Waals surface area contributed by atoms with E-state index in [0.717, 1.165) is 11.1 Å². The van der Waals surface area contributed by atoms with Gasteiger partial charge >= 0.3 is 0 Å². The predicted octanol–water partition coefficient (Wildman–Crippen LogP) is 0.316. The quantitative estimate of drug-likeness (QED) is 0.756. The molecule has 0 aliphatic carbocycles. The molecule has 3 N–H and O–H groups in total. The van der Waals surface area contributed by atoms with Crippen molar-refractivity contribution in [3.05, 3.63) is 23.3 Å². The molecule has 1 amide bonds. The normalized spacial score (nSPS) is 14.7. The van der Waals surface area contributed by atoms with Crippen LogP contribution in [-0.2, 0) is 4.79 Å². The number of fused-ring (bicyclic) bond motifs is 1. The van der Waals surface area contributed by atoms with E-state index in [-0.39, 0.29) is 12.7 Å². The molecule has 1 aromatic carbocycles. The zero-order valence-corrected chi connectivity index (χ0v) is 10.7. The van der Waals surface area contributed by atoms with Crippen LogP contribution in [0.2, 0.25) is 0 Å². The lowest BCUT2D eigenvalue weighted by atomic mass is 10.0. The van der Waals surface area contributed by atoms with Crippen molar-refractivity contribution in [1.29, 1.82) is 0 Å². The highest BCUT2D eigenvalue weighted by Gasteiger charge is 2.22. The molecule has 1 aromatic rings. The molecule has 98 valence electrons. The van der Waals surface area contributed by atoms with Crippen LogP contribution in [0.1, 0.15) is 17.2 Å². The molecule has 6 heteroatoms. The van der Waals surface area contributed by atoms with Gasteiger partial charge in [-0.05, 0) is 30.2 Å². The minimum Gasteiger partial charge on any atom is -0.454 e. The van der Waals surface area contributed by atoms with Gasteiger partial charge in [0.2, 0.25) is 6.79 Å². The van der Waals surface area contributed by atoms with E-state index in [9.17, 15) is 4.79 Å². The van der Waals surface area contributed by atoms with Crippen LogP contribution in [0.15, 0.2) is 12.1 Å². The molecule has 0 radical (unpaired) electrons. The van der Waals surface area contributed by atoms with E-state index in [1.807, 2.05) is 13.0 Å². The Hall–Kier alpha value is -1.79. The van der Waals surface area contributed by atoms with Crippen molar-refractivity contribution in [2.75, 3.05) is 20.9 Å². The fourth-order valence-electron chi connectivity index (χ4n) is 1.83. The summed E-state index contributed by atoms with van der Waals surface area (Å²) < 4.78 is 10.6. The van der Waals surface area contributed by atoms with E-state index in [1.54, 1.807) is 25.2 Å². The smallest absolute Gasteiger partial charge is 0.255 e. The zero-order valence-electron chi connectivity index (χ0n) is 10.7. The minimum absolute atomic E-state index is 0.206. The topological polar surface area (TPSA) is 76.8 Å². The first-order chi connectivity index (χ1) is 8.49. The maximum Gasteiger partial charge on any atom is 0.255 e. The Kier molecular flexibility index (Phi) is 3.40. The van der Waals surface area contributed by atoms with Crippen LogP contribution in [0.25, 0.3) is 0 Å². The molecule has 1 heterocycles. The van der Waals surface area contributed by atoms with Crippen LogP contribution in [0.5, 0.6) is 11.5 Å². The molecule has 0 aromatic heterocycles. The van der Waals surface area contributed by atoms with Crippen molar-refractivity contribution >= 4 is 5.91 Å². The number of rotatable bonds is 3. The van der Waals surface area contributed by atoms with Gasteiger partial charge in [-0.3, -0.25) is 10.2 Å². The molecule has 0 saturated carbocycles. The molecular weight excluding hydrogens is 234 g/mol. The standard InChI is InChI=1S/C12H17N3O3/c1-7-4-9-10(18-6-17-9)5-8(7)11(13)12(16)14-15(2)3/h4-5,11H,6,13H2,1-3H3,(H,14,16). The third-order valence-corrected chi connectivity index (χ3v) is 2.71. The second-order valence-electron chi connectivity index (χ2n) is 4.41.